The molecule has 7 nitrogen and oxygen atoms in total. The quantitative estimate of drug-likeness (QED) is 0.588. The summed E-state index contributed by atoms with van der Waals surface area (Å²) in [4.78, 5) is 30.4. The van der Waals surface area contributed by atoms with Crippen LogP contribution >= 0.6 is 11.6 Å². The second kappa shape index (κ2) is 9.38. The molecule has 1 aliphatic rings. The van der Waals surface area contributed by atoms with Crippen molar-refractivity contribution in [1.82, 2.24) is 24.4 Å². The normalized spacial score (nSPS) is 14.9. The Morgan fingerprint density at radius 2 is 1.84 bits per heavy atom. The van der Waals surface area contributed by atoms with Crippen LogP contribution < -0.4 is 10.5 Å². The third-order valence-corrected chi connectivity index (χ3v) is 6.08. The molecule has 32 heavy (non-hydrogen) atoms. The topological polar surface area (TPSA) is 67.2 Å². The van der Waals surface area contributed by atoms with Crippen LogP contribution in [0.25, 0.3) is 11.1 Å². The molecule has 0 radical (unpaired) electrons. The molecule has 0 amide bonds. The average molecular weight is 453 g/mol. The minimum atomic E-state index is 0.0341. The van der Waals surface area contributed by atoms with Crippen LogP contribution in [0.5, 0.6) is 0 Å². The smallest absolute Gasteiger partial charge is 0.253 e. The molecule has 168 valence electrons. The van der Waals surface area contributed by atoms with E-state index in [0.717, 1.165) is 66.6 Å². The molecule has 0 N–H and O–H groups in total. The fourth-order valence-corrected chi connectivity index (χ4v) is 4.23. The molecule has 0 atom stereocenters. The largest absolute Gasteiger partial charge is 0.354 e. The van der Waals surface area contributed by atoms with Gasteiger partial charge in [0.25, 0.3) is 5.56 Å². The monoisotopic (exact) mass is 452 g/mol. The van der Waals surface area contributed by atoms with Crippen LogP contribution in [0, 0.1) is 6.92 Å². The van der Waals surface area contributed by atoms with Crippen molar-refractivity contribution in [1.29, 1.82) is 0 Å². The summed E-state index contributed by atoms with van der Waals surface area (Å²) in [5.41, 5.74) is 4.88. The molecule has 1 saturated heterocycles. The lowest BCUT2D eigenvalue weighted by atomic mass is 9.97. The highest BCUT2D eigenvalue weighted by atomic mass is 35.5. The van der Waals surface area contributed by atoms with Gasteiger partial charge in [0.1, 0.15) is 11.0 Å². The zero-order chi connectivity index (χ0) is 22.8. The van der Waals surface area contributed by atoms with E-state index < -0.39 is 0 Å². The fourth-order valence-electron chi connectivity index (χ4n) is 4.13. The molecular weight excluding hydrogens is 424 g/mol. The number of rotatable bonds is 5. The number of halogens is 1. The number of nitrogens with zero attached hydrogens (tertiary/aromatic N) is 6. The average Bonchev–Trinajstić information content (AvgIpc) is 2.79. The first-order valence-electron chi connectivity index (χ1n) is 10.9. The summed E-state index contributed by atoms with van der Waals surface area (Å²) in [6.07, 6.45) is 5.24. The van der Waals surface area contributed by atoms with Crippen LogP contribution in [0.1, 0.15) is 36.7 Å². The van der Waals surface area contributed by atoms with Gasteiger partial charge in [0, 0.05) is 62.7 Å². The minimum absolute atomic E-state index is 0.0341. The van der Waals surface area contributed by atoms with E-state index in [1.165, 1.54) is 0 Å². The summed E-state index contributed by atoms with van der Waals surface area (Å²) >= 11 is 5.83. The molecule has 1 fully saturated rings. The van der Waals surface area contributed by atoms with Gasteiger partial charge in [0.15, 0.2) is 0 Å². The molecule has 3 aromatic heterocycles. The Morgan fingerprint density at radius 3 is 2.47 bits per heavy atom. The van der Waals surface area contributed by atoms with Crippen molar-refractivity contribution in [3.8, 4) is 11.1 Å². The van der Waals surface area contributed by atoms with Gasteiger partial charge in [-0.05, 0) is 31.0 Å². The second-order valence-electron chi connectivity index (χ2n) is 8.68. The molecule has 8 heteroatoms. The summed E-state index contributed by atoms with van der Waals surface area (Å²) in [5.74, 6) is 1.28. The molecule has 0 aromatic carbocycles. The number of hydrogen-bond donors (Lipinski definition) is 0. The van der Waals surface area contributed by atoms with Crippen LogP contribution in [0.15, 0.2) is 41.6 Å². The van der Waals surface area contributed by atoms with E-state index >= 15 is 0 Å². The Morgan fingerprint density at radius 1 is 1.09 bits per heavy atom. The first-order valence-corrected chi connectivity index (χ1v) is 11.3. The van der Waals surface area contributed by atoms with Crippen molar-refractivity contribution in [3.05, 3.63) is 69.2 Å². The summed E-state index contributed by atoms with van der Waals surface area (Å²) in [7, 11) is 1.80. The van der Waals surface area contributed by atoms with Gasteiger partial charge in [0.2, 0.25) is 0 Å². The fraction of sp³-hybridized carbons (Fsp3) is 0.417. The lowest BCUT2D eigenvalue weighted by Gasteiger charge is -2.35. The van der Waals surface area contributed by atoms with E-state index in [-0.39, 0.29) is 11.5 Å². The standard InChI is InChI=1S/C24H29ClN6O/c1-16(2)23-20(18-11-17(3)24(32)29(4)14-18)5-6-22(28-23)31-9-7-30(8-10-31)15-19-12-27-21(25)13-26-19/h5-6,11-14,16H,7-10,15H2,1-4H3. The van der Waals surface area contributed by atoms with Crippen molar-refractivity contribution in [2.75, 3.05) is 31.1 Å². The Labute approximate surface area is 193 Å². The SMILES string of the molecule is Cc1cc(-c2ccc(N3CCN(Cc4cnc(Cl)cn4)CC3)nc2C(C)C)cn(C)c1=O. The molecule has 4 heterocycles. The van der Waals surface area contributed by atoms with Crippen LogP contribution in [0.4, 0.5) is 5.82 Å². The first-order chi connectivity index (χ1) is 15.3. The van der Waals surface area contributed by atoms with Gasteiger partial charge in [-0.25, -0.2) is 9.97 Å². The maximum Gasteiger partial charge on any atom is 0.253 e. The first kappa shape index (κ1) is 22.4. The summed E-state index contributed by atoms with van der Waals surface area (Å²) in [6, 6.07) is 6.21. The number of aryl methyl sites for hydroxylation is 2. The molecule has 0 saturated carbocycles. The molecule has 0 aliphatic carbocycles. The van der Waals surface area contributed by atoms with Gasteiger partial charge < -0.3 is 9.47 Å². The lowest BCUT2D eigenvalue weighted by molar-refractivity contribution is 0.246. The van der Waals surface area contributed by atoms with Crippen molar-refractivity contribution in [3.63, 3.8) is 0 Å². The van der Waals surface area contributed by atoms with E-state index in [2.05, 4.69) is 45.7 Å². The van der Waals surface area contributed by atoms with Crippen molar-refractivity contribution in [2.45, 2.75) is 33.2 Å². The molecule has 4 rings (SSSR count). The highest BCUT2D eigenvalue weighted by molar-refractivity contribution is 6.29. The van der Waals surface area contributed by atoms with E-state index in [9.17, 15) is 4.79 Å². The minimum Gasteiger partial charge on any atom is -0.354 e. The molecule has 3 aromatic rings. The van der Waals surface area contributed by atoms with E-state index in [1.807, 2.05) is 19.2 Å². The third-order valence-electron chi connectivity index (χ3n) is 5.89. The predicted molar refractivity (Wildman–Crippen MR) is 128 cm³/mol. The van der Waals surface area contributed by atoms with Crippen LogP contribution in [-0.2, 0) is 13.6 Å². The van der Waals surface area contributed by atoms with E-state index in [0.29, 0.717) is 5.15 Å². The maximum atomic E-state index is 12.1. The molecule has 0 spiro atoms. The van der Waals surface area contributed by atoms with Crippen LogP contribution in [-0.4, -0.2) is 50.6 Å². The van der Waals surface area contributed by atoms with Crippen LogP contribution in [0.3, 0.4) is 0 Å². The predicted octanol–water partition coefficient (Wildman–Crippen LogP) is 3.64. The van der Waals surface area contributed by atoms with Gasteiger partial charge in [-0.2, -0.15) is 0 Å². The van der Waals surface area contributed by atoms with E-state index in [1.54, 1.807) is 24.0 Å². The van der Waals surface area contributed by atoms with Gasteiger partial charge in [-0.3, -0.25) is 14.7 Å². The number of hydrogen-bond acceptors (Lipinski definition) is 6. The van der Waals surface area contributed by atoms with E-state index in [4.69, 9.17) is 16.6 Å². The number of pyridine rings is 2. The van der Waals surface area contributed by atoms with Gasteiger partial charge in [-0.1, -0.05) is 25.4 Å². The van der Waals surface area contributed by atoms with Crippen molar-refractivity contribution in [2.24, 2.45) is 7.05 Å². The second-order valence-corrected chi connectivity index (χ2v) is 9.07. The van der Waals surface area contributed by atoms with Gasteiger partial charge in [0.05, 0.1) is 23.8 Å². The number of aromatic nitrogens is 4. The molecule has 1 aliphatic heterocycles. The van der Waals surface area contributed by atoms with Crippen molar-refractivity contribution < 1.29 is 0 Å². The van der Waals surface area contributed by atoms with Gasteiger partial charge >= 0.3 is 0 Å². The Kier molecular flexibility index (Phi) is 6.58. The molecule has 0 bridgehead atoms. The highest BCUT2D eigenvalue weighted by Gasteiger charge is 2.21. The number of piperazine rings is 1. The summed E-state index contributed by atoms with van der Waals surface area (Å²) < 4.78 is 1.65. The zero-order valence-electron chi connectivity index (χ0n) is 19.0. The Hall–Kier alpha value is -2.77. The Balaban J connectivity index is 1.51. The number of anilines is 1. The highest BCUT2D eigenvalue weighted by Crippen LogP contribution is 2.30. The van der Waals surface area contributed by atoms with Crippen molar-refractivity contribution >= 4 is 17.4 Å². The van der Waals surface area contributed by atoms with Crippen LogP contribution in [0.2, 0.25) is 5.15 Å². The maximum absolute atomic E-state index is 12.1. The zero-order valence-corrected chi connectivity index (χ0v) is 19.8. The summed E-state index contributed by atoms with van der Waals surface area (Å²) in [6.45, 7) is 10.6. The Bertz CT molecular complexity index is 1120. The molecule has 0 unspecified atom stereocenters. The third kappa shape index (κ3) is 4.84. The summed E-state index contributed by atoms with van der Waals surface area (Å²) in [5, 5.41) is 0.418. The molecular formula is C24H29ClN6O. The lowest BCUT2D eigenvalue weighted by Crippen LogP contribution is -2.46. The van der Waals surface area contributed by atoms with Gasteiger partial charge in [-0.15, -0.1) is 0 Å².